The second-order valence-corrected chi connectivity index (χ2v) is 7.42. The molecule has 3 rings (SSSR count). The number of hydrogen-bond acceptors (Lipinski definition) is 5. The highest BCUT2D eigenvalue weighted by Gasteiger charge is 2.22. The van der Waals surface area contributed by atoms with Crippen LogP contribution in [0.15, 0.2) is 41.8 Å². The van der Waals surface area contributed by atoms with E-state index < -0.39 is 0 Å². The van der Waals surface area contributed by atoms with Gasteiger partial charge in [-0.3, -0.25) is 14.5 Å². The lowest BCUT2D eigenvalue weighted by atomic mass is 10.1. The molecule has 0 spiro atoms. The fourth-order valence-electron chi connectivity index (χ4n) is 3.07. The van der Waals surface area contributed by atoms with Crippen LogP contribution >= 0.6 is 11.3 Å². The Morgan fingerprint density at radius 1 is 1.08 bits per heavy atom. The second kappa shape index (κ2) is 8.96. The number of rotatable bonds is 7. The number of aryl methyl sites for hydroxylation is 1. The van der Waals surface area contributed by atoms with E-state index in [0.717, 1.165) is 25.3 Å². The quantitative estimate of drug-likeness (QED) is 0.701. The Labute approximate surface area is 158 Å². The smallest absolute Gasteiger partial charge is 0.223 e. The van der Waals surface area contributed by atoms with Gasteiger partial charge in [0.1, 0.15) is 5.75 Å². The number of thiophene rings is 1. The fourth-order valence-corrected chi connectivity index (χ4v) is 3.78. The zero-order valence-electron chi connectivity index (χ0n) is 15.0. The topological polar surface area (TPSA) is 49.9 Å². The molecule has 1 aliphatic rings. The van der Waals surface area contributed by atoms with Gasteiger partial charge in [0.15, 0.2) is 5.78 Å². The number of Topliss-reactive ketones (excluding diaryl/α,β-unsaturated/α-hetero) is 1. The van der Waals surface area contributed by atoms with Gasteiger partial charge in [-0.25, -0.2) is 0 Å². The molecule has 2 heterocycles. The summed E-state index contributed by atoms with van der Waals surface area (Å²) in [4.78, 5) is 30.0. The van der Waals surface area contributed by atoms with Crippen LogP contribution in [-0.4, -0.2) is 61.3 Å². The number of ether oxygens (including phenoxy) is 1. The molecule has 0 radical (unpaired) electrons. The highest BCUT2D eigenvalue weighted by molar-refractivity contribution is 7.09. The summed E-state index contributed by atoms with van der Waals surface area (Å²) >= 11 is 1.69. The molecule has 5 nitrogen and oxygen atoms in total. The first kappa shape index (κ1) is 18.6. The highest BCUT2D eigenvalue weighted by Crippen LogP contribution is 2.14. The van der Waals surface area contributed by atoms with Crippen LogP contribution in [-0.2, 0) is 11.2 Å². The maximum absolute atomic E-state index is 12.4. The molecule has 1 saturated heterocycles. The van der Waals surface area contributed by atoms with Gasteiger partial charge in [-0.1, -0.05) is 6.07 Å². The van der Waals surface area contributed by atoms with Gasteiger partial charge in [-0.2, -0.15) is 0 Å². The lowest BCUT2D eigenvalue weighted by molar-refractivity contribution is -0.132. The standard InChI is InChI=1S/C20H24N2O3S/c1-25-17-6-4-16(5-7-17)19(23)15-21-10-12-22(13-11-21)20(24)9-8-18-3-2-14-26-18/h2-7,14H,8-13,15H2,1H3. The van der Waals surface area contributed by atoms with Crippen molar-refractivity contribution in [3.05, 3.63) is 52.2 Å². The molecule has 138 valence electrons. The molecule has 0 aliphatic carbocycles. The molecule has 26 heavy (non-hydrogen) atoms. The van der Waals surface area contributed by atoms with E-state index in [1.165, 1.54) is 4.88 Å². The number of carbonyl (C=O) groups is 2. The summed E-state index contributed by atoms with van der Waals surface area (Å²) in [5.74, 6) is 1.06. The van der Waals surface area contributed by atoms with Gasteiger partial charge in [0.25, 0.3) is 0 Å². The number of hydrogen-bond donors (Lipinski definition) is 0. The number of methoxy groups -OCH3 is 1. The minimum absolute atomic E-state index is 0.102. The van der Waals surface area contributed by atoms with E-state index in [1.807, 2.05) is 16.3 Å². The predicted octanol–water partition coefficient (Wildman–Crippen LogP) is 2.72. The lowest BCUT2D eigenvalue weighted by Gasteiger charge is -2.34. The number of carbonyl (C=O) groups excluding carboxylic acids is 2. The summed E-state index contributed by atoms with van der Waals surface area (Å²) in [5.41, 5.74) is 0.695. The molecule has 0 bridgehead atoms. The molecule has 1 fully saturated rings. The van der Waals surface area contributed by atoms with Crippen LogP contribution < -0.4 is 4.74 Å². The third-order valence-electron chi connectivity index (χ3n) is 4.67. The Balaban J connectivity index is 1.42. The third-order valence-corrected chi connectivity index (χ3v) is 5.61. The van der Waals surface area contributed by atoms with Crippen molar-refractivity contribution in [1.82, 2.24) is 9.80 Å². The van der Waals surface area contributed by atoms with Crippen LogP contribution in [0.1, 0.15) is 21.7 Å². The van der Waals surface area contributed by atoms with Crippen molar-refractivity contribution < 1.29 is 14.3 Å². The molecule has 1 amide bonds. The first-order chi connectivity index (χ1) is 12.7. The minimum atomic E-state index is 0.102. The summed E-state index contributed by atoms with van der Waals surface area (Å²) < 4.78 is 5.12. The van der Waals surface area contributed by atoms with E-state index in [-0.39, 0.29) is 11.7 Å². The monoisotopic (exact) mass is 372 g/mol. The maximum Gasteiger partial charge on any atom is 0.223 e. The average Bonchev–Trinajstić information content (AvgIpc) is 3.20. The van der Waals surface area contributed by atoms with Crippen LogP contribution in [0.3, 0.4) is 0 Å². The average molecular weight is 372 g/mol. The van der Waals surface area contributed by atoms with Gasteiger partial charge in [-0.15, -0.1) is 11.3 Å². The molecule has 2 aromatic rings. The number of nitrogens with zero attached hydrogens (tertiary/aromatic N) is 2. The molecular formula is C20H24N2O3S. The summed E-state index contributed by atoms with van der Waals surface area (Å²) in [6, 6.07) is 11.3. The summed E-state index contributed by atoms with van der Waals surface area (Å²) in [6.07, 6.45) is 1.37. The minimum Gasteiger partial charge on any atom is -0.497 e. The fraction of sp³-hybridized carbons (Fsp3) is 0.400. The molecule has 1 aromatic heterocycles. The first-order valence-electron chi connectivity index (χ1n) is 8.85. The molecule has 6 heteroatoms. The van der Waals surface area contributed by atoms with Gasteiger partial charge < -0.3 is 9.64 Å². The van der Waals surface area contributed by atoms with Crippen molar-refractivity contribution in [3.8, 4) is 5.75 Å². The maximum atomic E-state index is 12.4. The van der Waals surface area contributed by atoms with E-state index in [2.05, 4.69) is 11.0 Å². The van der Waals surface area contributed by atoms with Gasteiger partial charge in [0.05, 0.1) is 13.7 Å². The van der Waals surface area contributed by atoms with Crippen molar-refractivity contribution in [3.63, 3.8) is 0 Å². The van der Waals surface area contributed by atoms with E-state index in [0.29, 0.717) is 31.6 Å². The molecule has 0 N–H and O–H groups in total. The van der Waals surface area contributed by atoms with Crippen molar-refractivity contribution in [2.75, 3.05) is 39.8 Å². The second-order valence-electron chi connectivity index (χ2n) is 6.39. The SMILES string of the molecule is COc1ccc(C(=O)CN2CCN(C(=O)CCc3cccs3)CC2)cc1. The van der Waals surface area contributed by atoms with E-state index in [9.17, 15) is 9.59 Å². The molecule has 1 aliphatic heterocycles. The number of benzene rings is 1. The molecule has 0 unspecified atom stereocenters. The van der Waals surface area contributed by atoms with E-state index in [1.54, 1.807) is 42.7 Å². The van der Waals surface area contributed by atoms with Crippen molar-refractivity contribution >= 4 is 23.0 Å². The largest absolute Gasteiger partial charge is 0.497 e. The number of amides is 1. The summed E-state index contributed by atoms with van der Waals surface area (Å²) in [6.45, 7) is 3.27. The highest BCUT2D eigenvalue weighted by atomic mass is 32.1. The van der Waals surface area contributed by atoms with Crippen molar-refractivity contribution in [1.29, 1.82) is 0 Å². The van der Waals surface area contributed by atoms with E-state index >= 15 is 0 Å². The van der Waals surface area contributed by atoms with Crippen LogP contribution in [0.25, 0.3) is 0 Å². The molecule has 0 saturated carbocycles. The number of piperazine rings is 1. The Bertz CT molecular complexity index is 720. The molecule has 1 aromatic carbocycles. The van der Waals surface area contributed by atoms with Crippen LogP contribution in [0.4, 0.5) is 0 Å². The van der Waals surface area contributed by atoms with Gasteiger partial charge in [0, 0.05) is 43.0 Å². The summed E-state index contributed by atoms with van der Waals surface area (Å²) in [7, 11) is 1.61. The van der Waals surface area contributed by atoms with Gasteiger partial charge >= 0.3 is 0 Å². The van der Waals surface area contributed by atoms with Gasteiger partial charge in [-0.05, 0) is 42.1 Å². The normalized spacial score (nSPS) is 15.0. The third kappa shape index (κ3) is 4.93. The summed E-state index contributed by atoms with van der Waals surface area (Å²) in [5, 5.41) is 2.04. The number of ketones is 1. The van der Waals surface area contributed by atoms with Crippen molar-refractivity contribution in [2.45, 2.75) is 12.8 Å². The van der Waals surface area contributed by atoms with E-state index in [4.69, 9.17) is 4.74 Å². The van der Waals surface area contributed by atoms with Crippen LogP contribution in [0.5, 0.6) is 5.75 Å². The Morgan fingerprint density at radius 3 is 2.42 bits per heavy atom. The lowest BCUT2D eigenvalue weighted by Crippen LogP contribution is -2.49. The van der Waals surface area contributed by atoms with Crippen LogP contribution in [0.2, 0.25) is 0 Å². The zero-order valence-corrected chi connectivity index (χ0v) is 15.8. The zero-order chi connectivity index (χ0) is 18.4. The van der Waals surface area contributed by atoms with Crippen molar-refractivity contribution in [2.24, 2.45) is 0 Å². The molecule has 0 atom stereocenters. The predicted molar refractivity (Wildman–Crippen MR) is 103 cm³/mol. The molecular weight excluding hydrogens is 348 g/mol. The Kier molecular flexibility index (Phi) is 6.41. The van der Waals surface area contributed by atoms with Gasteiger partial charge in [0.2, 0.25) is 5.91 Å². The van der Waals surface area contributed by atoms with Crippen LogP contribution in [0, 0.1) is 0 Å². The first-order valence-corrected chi connectivity index (χ1v) is 9.73. The Morgan fingerprint density at radius 2 is 1.81 bits per heavy atom. The Hall–Kier alpha value is -2.18.